The molecule has 15 heavy (non-hydrogen) atoms. The molecule has 1 saturated carbocycles. The molecular formula is C12H14ClNO. The number of hydrogen-bond acceptors (Lipinski definition) is 1. The second-order valence-electron chi connectivity index (χ2n) is 4.02. The third-order valence-electron chi connectivity index (χ3n) is 3.27. The van der Waals surface area contributed by atoms with Crippen molar-refractivity contribution in [3.05, 3.63) is 34.9 Å². The molecule has 0 heterocycles. The predicted molar refractivity (Wildman–Crippen MR) is 61.0 cm³/mol. The van der Waals surface area contributed by atoms with Gasteiger partial charge in [-0.2, -0.15) is 0 Å². The Balaban J connectivity index is 2.34. The summed E-state index contributed by atoms with van der Waals surface area (Å²) in [7, 11) is 1.69. The highest BCUT2D eigenvalue weighted by Crippen LogP contribution is 2.44. The quantitative estimate of drug-likeness (QED) is 0.820. The lowest BCUT2D eigenvalue weighted by molar-refractivity contribution is -0.129. The van der Waals surface area contributed by atoms with Gasteiger partial charge in [0, 0.05) is 12.1 Å². The Morgan fingerprint density at radius 3 is 2.33 bits per heavy atom. The lowest BCUT2D eigenvalue weighted by Gasteiger charge is -2.40. The van der Waals surface area contributed by atoms with Gasteiger partial charge in [-0.3, -0.25) is 4.79 Å². The number of amides is 1. The second kappa shape index (κ2) is 3.86. The molecule has 0 saturated heterocycles. The number of halogens is 1. The summed E-state index contributed by atoms with van der Waals surface area (Å²) in [5.41, 5.74) is 0.789. The van der Waals surface area contributed by atoms with Gasteiger partial charge in [-0.1, -0.05) is 30.2 Å². The van der Waals surface area contributed by atoms with Crippen LogP contribution in [0.5, 0.6) is 0 Å². The average Bonchev–Trinajstić information content (AvgIpc) is 2.19. The summed E-state index contributed by atoms with van der Waals surface area (Å²) < 4.78 is 0. The molecule has 0 radical (unpaired) electrons. The number of carbonyl (C=O) groups excluding carboxylic acids is 1. The predicted octanol–water partition coefficient (Wildman–Crippen LogP) is 2.51. The smallest absolute Gasteiger partial charge is 0.230 e. The first-order valence-corrected chi connectivity index (χ1v) is 5.55. The SMILES string of the molecule is CNC(=O)C1(c2ccc(Cl)cc2)CCC1. The zero-order chi connectivity index (χ0) is 10.9. The van der Waals surface area contributed by atoms with Gasteiger partial charge in [0.25, 0.3) is 0 Å². The molecule has 0 spiro atoms. The maximum absolute atomic E-state index is 11.9. The molecule has 0 bridgehead atoms. The van der Waals surface area contributed by atoms with Crippen LogP contribution in [-0.2, 0) is 10.2 Å². The fourth-order valence-corrected chi connectivity index (χ4v) is 2.31. The first-order chi connectivity index (χ1) is 7.19. The Morgan fingerprint density at radius 1 is 1.33 bits per heavy atom. The molecule has 1 aliphatic rings. The molecule has 0 aliphatic heterocycles. The molecule has 1 aromatic carbocycles. The van der Waals surface area contributed by atoms with Crippen LogP contribution in [0.1, 0.15) is 24.8 Å². The molecule has 1 aliphatic carbocycles. The number of rotatable bonds is 2. The molecule has 1 fully saturated rings. The summed E-state index contributed by atoms with van der Waals surface area (Å²) in [6.45, 7) is 0. The molecule has 1 amide bonds. The highest BCUT2D eigenvalue weighted by molar-refractivity contribution is 6.30. The van der Waals surface area contributed by atoms with E-state index in [2.05, 4.69) is 5.32 Å². The standard InChI is InChI=1S/C12H14ClNO/c1-14-11(15)12(7-2-8-12)9-3-5-10(13)6-4-9/h3-6H,2,7-8H2,1H3,(H,14,15). The van der Waals surface area contributed by atoms with E-state index in [4.69, 9.17) is 11.6 Å². The van der Waals surface area contributed by atoms with E-state index in [1.165, 1.54) is 0 Å². The van der Waals surface area contributed by atoms with E-state index in [1.54, 1.807) is 7.05 Å². The van der Waals surface area contributed by atoms with Gasteiger partial charge >= 0.3 is 0 Å². The van der Waals surface area contributed by atoms with Gasteiger partial charge in [0.05, 0.1) is 5.41 Å². The van der Waals surface area contributed by atoms with Crippen LogP contribution in [0.3, 0.4) is 0 Å². The summed E-state index contributed by atoms with van der Waals surface area (Å²) in [5.74, 6) is 0.121. The Bertz CT molecular complexity index is 368. The molecule has 0 aromatic heterocycles. The van der Waals surface area contributed by atoms with Crippen molar-refractivity contribution in [3.63, 3.8) is 0 Å². The van der Waals surface area contributed by atoms with Gasteiger partial charge in [0.1, 0.15) is 0 Å². The van der Waals surface area contributed by atoms with Gasteiger partial charge in [-0.05, 0) is 30.5 Å². The average molecular weight is 224 g/mol. The first kappa shape index (κ1) is 10.5. The number of hydrogen-bond donors (Lipinski definition) is 1. The monoisotopic (exact) mass is 223 g/mol. The number of benzene rings is 1. The third-order valence-corrected chi connectivity index (χ3v) is 3.52. The van der Waals surface area contributed by atoms with Crippen molar-refractivity contribution in [3.8, 4) is 0 Å². The lowest BCUT2D eigenvalue weighted by Crippen LogP contribution is -2.48. The zero-order valence-corrected chi connectivity index (χ0v) is 9.47. The van der Waals surface area contributed by atoms with Crippen molar-refractivity contribution in [2.24, 2.45) is 0 Å². The summed E-state index contributed by atoms with van der Waals surface area (Å²) in [6, 6.07) is 7.60. The minimum Gasteiger partial charge on any atom is -0.358 e. The van der Waals surface area contributed by atoms with Gasteiger partial charge in [-0.25, -0.2) is 0 Å². The Kier molecular flexibility index (Phi) is 2.70. The zero-order valence-electron chi connectivity index (χ0n) is 8.72. The fraction of sp³-hybridized carbons (Fsp3) is 0.417. The molecule has 0 unspecified atom stereocenters. The van der Waals surface area contributed by atoms with Gasteiger partial charge in [0.2, 0.25) is 5.91 Å². The van der Waals surface area contributed by atoms with Crippen LogP contribution in [0.4, 0.5) is 0 Å². The van der Waals surface area contributed by atoms with Crippen LogP contribution in [0.15, 0.2) is 24.3 Å². The topological polar surface area (TPSA) is 29.1 Å². The van der Waals surface area contributed by atoms with E-state index in [-0.39, 0.29) is 11.3 Å². The maximum Gasteiger partial charge on any atom is 0.230 e. The van der Waals surface area contributed by atoms with E-state index in [9.17, 15) is 4.79 Å². The normalized spacial score (nSPS) is 18.0. The molecule has 2 nitrogen and oxygen atoms in total. The van der Waals surface area contributed by atoms with E-state index >= 15 is 0 Å². The van der Waals surface area contributed by atoms with E-state index < -0.39 is 0 Å². The molecular weight excluding hydrogens is 210 g/mol. The first-order valence-electron chi connectivity index (χ1n) is 5.17. The molecule has 1 aromatic rings. The largest absolute Gasteiger partial charge is 0.358 e. The molecule has 2 rings (SSSR count). The van der Waals surface area contributed by atoms with Crippen LogP contribution in [0.25, 0.3) is 0 Å². The summed E-state index contributed by atoms with van der Waals surface area (Å²) in [5, 5.41) is 3.46. The van der Waals surface area contributed by atoms with Crippen molar-refractivity contribution in [1.29, 1.82) is 0 Å². The molecule has 1 N–H and O–H groups in total. The van der Waals surface area contributed by atoms with Gasteiger partial charge < -0.3 is 5.32 Å². The highest BCUT2D eigenvalue weighted by atomic mass is 35.5. The number of nitrogens with one attached hydrogen (secondary N) is 1. The summed E-state index contributed by atoms with van der Waals surface area (Å²) in [6.07, 6.45) is 3.00. The van der Waals surface area contributed by atoms with E-state index in [1.807, 2.05) is 24.3 Å². The van der Waals surface area contributed by atoms with E-state index in [0.29, 0.717) is 5.02 Å². The Labute approximate surface area is 94.6 Å². The highest BCUT2D eigenvalue weighted by Gasteiger charge is 2.44. The van der Waals surface area contributed by atoms with E-state index in [0.717, 1.165) is 24.8 Å². The van der Waals surface area contributed by atoms with Crippen LogP contribution in [0, 0.1) is 0 Å². The molecule has 0 atom stereocenters. The van der Waals surface area contributed by atoms with Crippen molar-refractivity contribution >= 4 is 17.5 Å². The Morgan fingerprint density at radius 2 is 1.93 bits per heavy atom. The number of likely N-dealkylation sites (N-methyl/N-ethyl adjacent to an activating group) is 1. The summed E-state index contributed by atoms with van der Waals surface area (Å²) >= 11 is 5.84. The fourth-order valence-electron chi connectivity index (χ4n) is 2.19. The van der Waals surface area contributed by atoms with Crippen molar-refractivity contribution in [2.75, 3.05) is 7.05 Å². The van der Waals surface area contributed by atoms with Crippen LogP contribution < -0.4 is 5.32 Å². The maximum atomic E-state index is 11.9. The molecule has 80 valence electrons. The van der Waals surface area contributed by atoms with Crippen LogP contribution >= 0.6 is 11.6 Å². The summed E-state index contributed by atoms with van der Waals surface area (Å²) in [4.78, 5) is 11.9. The lowest BCUT2D eigenvalue weighted by atomic mass is 9.64. The minimum atomic E-state index is -0.292. The van der Waals surface area contributed by atoms with Crippen molar-refractivity contribution in [2.45, 2.75) is 24.7 Å². The van der Waals surface area contributed by atoms with Crippen LogP contribution in [0.2, 0.25) is 5.02 Å². The van der Waals surface area contributed by atoms with Gasteiger partial charge in [0.15, 0.2) is 0 Å². The minimum absolute atomic E-state index is 0.121. The van der Waals surface area contributed by atoms with Crippen LogP contribution in [-0.4, -0.2) is 13.0 Å². The Hall–Kier alpha value is -1.02. The second-order valence-corrected chi connectivity index (χ2v) is 4.46. The van der Waals surface area contributed by atoms with Gasteiger partial charge in [-0.15, -0.1) is 0 Å². The molecule has 3 heteroatoms. The van der Waals surface area contributed by atoms with Crippen molar-refractivity contribution in [1.82, 2.24) is 5.32 Å². The third kappa shape index (κ3) is 1.63. The number of carbonyl (C=O) groups is 1. The van der Waals surface area contributed by atoms with Crippen molar-refractivity contribution < 1.29 is 4.79 Å².